The summed E-state index contributed by atoms with van der Waals surface area (Å²) < 4.78 is 0. The number of hydrogen-bond acceptors (Lipinski definition) is 4. The van der Waals surface area contributed by atoms with E-state index in [2.05, 4.69) is 10.3 Å². The van der Waals surface area contributed by atoms with Crippen molar-refractivity contribution in [2.75, 3.05) is 11.5 Å². The van der Waals surface area contributed by atoms with Gasteiger partial charge in [-0.05, 0) is 26.0 Å². The number of carbonyl (C=O) groups excluding carboxylic acids is 1. The average molecular weight is 225 g/mol. The first-order chi connectivity index (χ1) is 7.09. The zero-order valence-electron chi connectivity index (χ0n) is 8.86. The molecular weight excluding hydrogens is 210 g/mol. The third-order valence-corrected chi connectivity index (χ3v) is 2.61. The van der Waals surface area contributed by atoms with Gasteiger partial charge in [0, 0.05) is 12.2 Å². The Morgan fingerprint density at radius 1 is 1.67 bits per heavy atom. The molecule has 82 valence electrons. The van der Waals surface area contributed by atoms with E-state index in [0.717, 1.165) is 0 Å². The summed E-state index contributed by atoms with van der Waals surface area (Å²) in [5.74, 6) is 0.347. The fourth-order valence-corrected chi connectivity index (χ4v) is 1.74. The zero-order chi connectivity index (χ0) is 11.3. The Bertz CT molecular complexity index is 341. The van der Waals surface area contributed by atoms with Crippen LogP contribution in [0.4, 0.5) is 5.69 Å². The van der Waals surface area contributed by atoms with E-state index in [1.807, 2.05) is 13.8 Å². The second kappa shape index (κ2) is 5.60. The lowest BCUT2D eigenvalue weighted by molar-refractivity contribution is -0.119. The van der Waals surface area contributed by atoms with Crippen molar-refractivity contribution in [3.8, 4) is 0 Å². The van der Waals surface area contributed by atoms with Gasteiger partial charge in [-0.2, -0.15) is 0 Å². The van der Waals surface area contributed by atoms with Gasteiger partial charge >= 0.3 is 0 Å². The molecule has 0 aliphatic rings. The zero-order valence-corrected chi connectivity index (χ0v) is 9.67. The van der Waals surface area contributed by atoms with Crippen molar-refractivity contribution in [1.82, 2.24) is 10.3 Å². The summed E-state index contributed by atoms with van der Waals surface area (Å²) >= 11 is 1.35. The van der Waals surface area contributed by atoms with Gasteiger partial charge in [-0.1, -0.05) is 11.8 Å². The number of carbonyl (C=O) groups is 1. The molecule has 0 aliphatic heterocycles. The molecule has 0 spiro atoms. The molecule has 0 atom stereocenters. The van der Waals surface area contributed by atoms with Crippen LogP contribution < -0.4 is 11.1 Å². The molecule has 4 nitrogen and oxygen atoms in total. The van der Waals surface area contributed by atoms with Crippen molar-refractivity contribution >= 4 is 23.4 Å². The molecule has 0 aromatic carbocycles. The van der Waals surface area contributed by atoms with Gasteiger partial charge < -0.3 is 11.1 Å². The Labute approximate surface area is 93.7 Å². The number of nitrogens with one attached hydrogen (secondary N) is 1. The Morgan fingerprint density at radius 2 is 2.40 bits per heavy atom. The lowest BCUT2D eigenvalue weighted by Crippen LogP contribution is -2.31. The van der Waals surface area contributed by atoms with Crippen LogP contribution >= 0.6 is 11.8 Å². The van der Waals surface area contributed by atoms with E-state index in [0.29, 0.717) is 16.5 Å². The highest BCUT2D eigenvalue weighted by Crippen LogP contribution is 2.20. The molecule has 0 radical (unpaired) electrons. The predicted molar refractivity (Wildman–Crippen MR) is 62.7 cm³/mol. The van der Waals surface area contributed by atoms with Gasteiger partial charge in [0.15, 0.2) is 0 Å². The van der Waals surface area contributed by atoms with Gasteiger partial charge in [-0.3, -0.25) is 4.79 Å². The number of pyridine rings is 1. The maximum absolute atomic E-state index is 11.3. The molecule has 0 aliphatic carbocycles. The molecule has 1 aromatic rings. The molecule has 5 heteroatoms. The van der Waals surface area contributed by atoms with Crippen LogP contribution in [0, 0.1) is 0 Å². The number of nitrogens with zero attached hydrogens (tertiary/aromatic N) is 1. The smallest absolute Gasteiger partial charge is 0.230 e. The third kappa shape index (κ3) is 4.20. The molecule has 1 aromatic heterocycles. The average Bonchev–Trinajstić information content (AvgIpc) is 2.15. The Morgan fingerprint density at radius 3 is 3.00 bits per heavy atom. The highest BCUT2D eigenvalue weighted by atomic mass is 32.2. The van der Waals surface area contributed by atoms with E-state index in [1.54, 1.807) is 18.3 Å². The molecule has 0 fully saturated rings. The van der Waals surface area contributed by atoms with Gasteiger partial charge in [-0.15, -0.1) is 0 Å². The highest BCUT2D eigenvalue weighted by Gasteiger charge is 2.06. The minimum Gasteiger partial charge on any atom is -0.397 e. The highest BCUT2D eigenvalue weighted by molar-refractivity contribution is 8.00. The summed E-state index contributed by atoms with van der Waals surface area (Å²) in [5.41, 5.74) is 6.30. The number of nitrogen functional groups attached to an aromatic ring is 1. The van der Waals surface area contributed by atoms with Crippen LogP contribution in [-0.2, 0) is 4.79 Å². The first-order valence-corrected chi connectivity index (χ1v) is 5.71. The van der Waals surface area contributed by atoms with Crippen LogP contribution in [0.3, 0.4) is 0 Å². The fourth-order valence-electron chi connectivity index (χ4n) is 1.02. The van der Waals surface area contributed by atoms with Crippen molar-refractivity contribution in [1.29, 1.82) is 0 Å². The lowest BCUT2D eigenvalue weighted by atomic mass is 10.4. The van der Waals surface area contributed by atoms with Crippen LogP contribution in [0.15, 0.2) is 23.4 Å². The van der Waals surface area contributed by atoms with Crippen LogP contribution in [0.5, 0.6) is 0 Å². The molecule has 0 saturated heterocycles. The number of anilines is 1. The number of amides is 1. The van der Waals surface area contributed by atoms with Crippen molar-refractivity contribution in [2.24, 2.45) is 0 Å². The summed E-state index contributed by atoms with van der Waals surface area (Å²) in [5, 5.41) is 3.51. The minimum atomic E-state index is 0.0000491. The van der Waals surface area contributed by atoms with E-state index in [9.17, 15) is 4.79 Å². The largest absolute Gasteiger partial charge is 0.397 e. The van der Waals surface area contributed by atoms with Gasteiger partial charge in [0.1, 0.15) is 5.03 Å². The van der Waals surface area contributed by atoms with E-state index in [4.69, 9.17) is 5.73 Å². The van der Waals surface area contributed by atoms with Crippen molar-refractivity contribution in [3.63, 3.8) is 0 Å². The van der Waals surface area contributed by atoms with E-state index in [1.165, 1.54) is 11.8 Å². The van der Waals surface area contributed by atoms with Gasteiger partial charge in [0.2, 0.25) is 5.91 Å². The number of thioether (sulfide) groups is 1. The summed E-state index contributed by atoms with van der Waals surface area (Å²) in [4.78, 5) is 15.4. The molecular formula is C10H15N3OS. The molecule has 15 heavy (non-hydrogen) atoms. The van der Waals surface area contributed by atoms with Crippen LogP contribution in [0.25, 0.3) is 0 Å². The molecule has 0 saturated carbocycles. The number of hydrogen-bond donors (Lipinski definition) is 2. The summed E-state index contributed by atoms with van der Waals surface area (Å²) in [6.07, 6.45) is 1.67. The van der Waals surface area contributed by atoms with Crippen LogP contribution in [0.2, 0.25) is 0 Å². The Hall–Kier alpha value is -1.23. The van der Waals surface area contributed by atoms with Crippen molar-refractivity contribution < 1.29 is 4.79 Å². The number of rotatable bonds is 4. The predicted octanol–water partition coefficient (Wildman–Crippen LogP) is 1.28. The molecule has 3 N–H and O–H groups in total. The molecule has 0 bridgehead atoms. The van der Waals surface area contributed by atoms with Crippen LogP contribution in [-0.4, -0.2) is 22.7 Å². The molecule has 1 heterocycles. The Kier molecular flexibility index (Phi) is 4.42. The lowest BCUT2D eigenvalue weighted by Gasteiger charge is -2.08. The molecule has 1 amide bonds. The first kappa shape index (κ1) is 11.8. The summed E-state index contributed by atoms with van der Waals surface area (Å²) in [7, 11) is 0. The standard InChI is InChI=1S/C10H15N3OS/c1-7(2)13-9(14)6-15-10-8(11)4-3-5-12-10/h3-5,7H,6,11H2,1-2H3,(H,13,14). The monoisotopic (exact) mass is 225 g/mol. The van der Waals surface area contributed by atoms with Gasteiger partial charge in [-0.25, -0.2) is 4.98 Å². The fraction of sp³-hybridized carbons (Fsp3) is 0.400. The molecule has 1 rings (SSSR count). The maximum Gasteiger partial charge on any atom is 0.230 e. The second-order valence-corrected chi connectivity index (χ2v) is 4.37. The van der Waals surface area contributed by atoms with E-state index in [-0.39, 0.29) is 11.9 Å². The summed E-state index contributed by atoms with van der Waals surface area (Å²) in [6.45, 7) is 3.86. The van der Waals surface area contributed by atoms with Gasteiger partial charge in [0.05, 0.1) is 11.4 Å². The van der Waals surface area contributed by atoms with Crippen LogP contribution in [0.1, 0.15) is 13.8 Å². The second-order valence-electron chi connectivity index (χ2n) is 3.41. The van der Waals surface area contributed by atoms with E-state index < -0.39 is 0 Å². The Balaban J connectivity index is 2.44. The maximum atomic E-state index is 11.3. The summed E-state index contributed by atoms with van der Waals surface area (Å²) in [6, 6.07) is 3.71. The van der Waals surface area contributed by atoms with Crippen molar-refractivity contribution in [3.05, 3.63) is 18.3 Å². The number of nitrogens with two attached hydrogens (primary N) is 1. The topological polar surface area (TPSA) is 68.0 Å². The minimum absolute atomic E-state index is 0.0000491. The quantitative estimate of drug-likeness (QED) is 0.757. The SMILES string of the molecule is CC(C)NC(=O)CSc1ncccc1N. The van der Waals surface area contributed by atoms with Gasteiger partial charge in [0.25, 0.3) is 0 Å². The van der Waals surface area contributed by atoms with E-state index >= 15 is 0 Å². The third-order valence-electron chi connectivity index (χ3n) is 1.59. The normalized spacial score (nSPS) is 10.3. The van der Waals surface area contributed by atoms with Crippen molar-refractivity contribution in [2.45, 2.75) is 24.9 Å². The number of aromatic nitrogens is 1. The molecule has 0 unspecified atom stereocenters. The first-order valence-electron chi connectivity index (χ1n) is 4.72.